The largest absolute Gasteiger partial charge is 0.492 e. The highest BCUT2D eigenvalue weighted by Gasteiger charge is 2.14. The van der Waals surface area contributed by atoms with Crippen molar-refractivity contribution in [2.75, 3.05) is 11.9 Å². The first-order chi connectivity index (χ1) is 17.1. The molecule has 0 unspecified atom stereocenters. The molecule has 4 rings (SSSR count). The summed E-state index contributed by atoms with van der Waals surface area (Å²) in [5, 5.41) is 13.8. The van der Waals surface area contributed by atoms with Crippen molar-refractivity contribution >= 4 is 52.0 Å². The highest BCUT2D eigenvalue weighted by molar-refractivity contribution is 7.98. The van der Waals surface area contributed by atoms with E-state index in [1.165, 1.54) is 11.8 Å². The summed E-state index contributed by atoms with van der Waals surface area (Å²) < 4.78 is 11.9. The van der Waals surface area contributed by atoms with Gasteiger partial charge in [-0.2, -0.15) is 14.6 Å². The first kappa shape index (κ1) is 24.5. The van der Waals surface area contributed by atoms with Gasteiger partial charge in [-0.3, -0.25) is 10.1 Å². The summed E-state index contributed by atoms with van der Waals surface area (Å²) in [4.78, 5) is 17.0. The fourth-order valence-electron chi connectivity index (χ4n) is 3.06. The van der Waals surface area contributed by atoms with Crippen molar-refractivity contribution in [2.45, 2.75) is 17.5 Å². The van der Waals surface area contributed by atoms with Crippen molar-refractivity contribution < 1.29 is 9.53 Å². The number of hydrogen-bond donors (Lipinski definition) is 1. The van der Waals surface area contributed by atoms with E-state index in [1.807, 2.05) is 59.3 Å². The molecule has 4 aromatic rings. The zero-order valence-electron chi connectivity index (χ0n) is 18.4. The number of nitrogens with zero attached hydrogens (tertiary/aromatic N) is 4. The lowest BCUT2D eigenvalue weighted by Gasteiger charge is -2.09. The molecule has 2 aromatic heterocycles. The van der Waals surface area contributed by atoms with Crippen LogP contribution >= 0.6 is 34.9 Å². The predicted octanol–water partition coefficient (Wildman–Crippen LogP) is 5.91. The SMILES string of the molecule is N#CC(=Cc1cccn1CCOc1ccc(Cl)cc1)C(=O)Nc1nc(SCc2ccccc2)ns1. The molecule has 0 saturated heterocycles. The van der Waals surface area contributed by atoms with Crippen LogP contribution in [0.5, 0.6) is 5.75 Å². The molecule has 0 aliphatic heterocycles. The molecule has 0 aliphatic rings. The van der Waals surface area contributed by atoms with E-state index in [4.69, 9.17) is 16.3 Å². The van der Waals surface area contributed by atoms with Gasteiger partial charge >= 0.3 is 0 Å². The zero-order valence-corrected chi connectivity index (χ0v) is 20.8. The van der Waals surface area contributed by atoms with Gasteiger partial charge in [-0.25, -0.2) is 0 Å². The van der Waals surface area contributed by atoms with Gasteiger partial charge in [-0.1, -0.05) is 53.7 Å². The number of amides is 1. The van der Waals surface area contributed by atoms with Crippen LogP contribution in [-0.4, -0.2) is 26.4 Å². The van der Waals surface area contributed by atoms with Gasteiger partial charge in [-0.15, -0.1) is 0 Å². The molecular formula is C25H20ClN5O2S2. The molecule has 2 heterocycles. The van der Waals surface area contributed by atoms with Crippen LogP contribution in [0, 0.1) is 11.3 Å². The summed E-state index contributed by atoms with van der Waals surface area (Å²) in [6.45, 7) is 0.958. The Kier molecular flexibility index (Phi) is 8.57. The molecular weight excluding hydrogens is 502 g/mol. The molecule has 2 aromatic carbocycles. The Bertz CT molecular complexity index is 1340. The second kappa shape index (κ2) is 12.2. The number of halogens is 1. The van der Waals surface area contributed by atoms with E-state index in [0.717, 1.165) is 22.8 Å². The molecule has 0 radical (unpaired) electrons. The average Bonchev–Trinajstić information content (AvgIpc) is 3.52. The molecule has 0 spiro atoms. The lowest BCUT2D eigenvalue weighted by atomic mass is 10.2. The number of hydrogen-bond acceptors (Lipinski definition) is 7. The summed E-state index contributed by atoms with van der Waals surface area (Å²) in [7, 11) is 0. The highest BCUT2D eigenvalue weighted by Crippen LogP contribution is 2.24. The van der Waals surface area contributed by atoms with E-state index in [9.17, 15) is 10.1 Å². The summed E-state index contributed by atoms with van der Waals surface area (Å²) >= 11 is 8.46. The van der Waals surface area contributed by atoms with E-state index in [0.29, 0.717) is 39.9 Å². The minimum absolute atomic E-state index is 0.0303. The number of nitriles is 1. The first-order valence-corrected chi connectivity index (χ1v) is 12.7. The van der Waals surface area contributed by atoms with Crippen LogP contribution in [0.1, 0.15) is 11.3 Å². The van der Waals surface area contributed by atoms with Gasteiger partial charge in [0.1, 0.15) is 24.0 Å². The molecule has 1 amide bonds. The third-order valence-electron chi connectivity index (χ3n) is 4.78. The molecule has 1 N–H and O–H groups in total. The van der Waals surface area contributed by atoms with E-state index < -0.39 is 5.91 Å². The van der Waals surface area contributed by atoms with Gasteiger partial charge in [0.15, 0.2) is 0 Å². The Labute approximate surface area is 216 Å². The second-order valence-corrected chi connectivity index (χ2v) is 9.34. The van der Waals surface area contributed by atoms with Crippen LogP contribution in [0.15, 0.2) is 83.7 Å². The fourth-order valence-corrected chi connectivity index (χ4v) is 4.68. The summed E-state index contributed by atoms with van der Waals surface area (Å²) in [5.41, 5.74) is 1.85. The van der Waals surface area contributed by atoms with Crippen molar-refractivity contribution in [2.24, 2.45) is 0 Å². The van der Waals surface area contributed by atoms with Gasteiger partial charge < -0.3 is 9.30 Å². The standard InChI is InChI=1S/C25H20ClN5O2S2/c26-20-8-10-22(11-9-20)33-14-13-31-12-4-7-21(31)15-19(16-27)23(32)28-24-29-25(30-35-24)34-17-18-5-2-1-3-6-18/h1-12,15H,13-14,17H2,(H,28,29,30,32). The number of aromatic nitrogens is 3. The molecule has 0 bridgehead atoms. The highest BCUT2D eigenvalue weighted by atomic mass is 35.5. The zero-order chi connectivity index (χ0) is 24.5. The number of nitrogens with one attached hydrogen (secondary N) is 1. The van der Waals surface area contributed by atoms with Crippen molar-refractivity contribution in [3.05, 3.63) is 94.8 Å². The summed E-state index contributed by atoms with van der Waals surface area (Å²) in [6, 6.07) is 22.8. The normalized spacial score (nSPS) is 11.1. The van der Waals surface area contributed by atoms with Crippen LogP contribution in [0.4, 0.5) is 5.13 Å². The van der Waals surface area contributed by atoms with Crippen LogP contribution < -0.4 is 10.1 Å². The van der Waals surface area contributed by atoms with E-state index in [2.05, 4.69) is 14.7 Å². The minimum atomic E-state index is -0.534. The number of carbonyl (C=O) groups is 1. The summed E-state index contributed by atoms with van der Waals surface area (Å²) in [5.74, 6) is 0.912. The topological polar surface area (TPSA) is 92.8 Å². The molecule has 7 nitrogen and oxygen atoms in total. The number of thioether (sulfide) groups is 1. The summed E-state index contributed by atoms with van der Waals surface area (Å²) in [6.07, 6.45) is 3.41. The monoisotopic (exact) mass is 521 g/mol. The van der Waals surface area contributed by atoms with E-state index >= 15 is 0 Å². The third-order valence-corrected chi connectivity index (χ3v) is 6.69. The Morgan fingerprint density at radius 3 is 2.74 bits per heavy atom. The fraction of sp³-hybridized carbons (Fsp3) is 0.120. The molecule has 10 heteroatoms. The maximum absolute atomic E-state index is 12.7. The third kappa shape index (κ3) is 7.20. The molecule has 176 valence electrons. The Morgan fingerprint density at radius 2 is 1.97 bits per heavy atom. The van der Waals surface area contributed by atoms with Crippen LogP contribution in [0.3, 0.4) is 0 Å². The maximum Gasteiger partial charge on any atom is 0.268 e. The average molecular weight is 522 g/mol. The van der Waals surface area contributed by atoms with Crippen LogP contribution in [0.25, 0.3) is 6.08 Å². The first-order valence-electron chi connectivity index (χ1n) is 10.6. The smallest absolute Gasteiger partial charge is 0.268 e. The second-order valence-electron chi connectivity index (χ2n) is 7.21. The maximum atomic E-state index is 12.7. The van der Waals surface area contributed by atoms with Gasteiger partial charge in [0, 0.05) is 34.2 Å². The molecule has 0 aliphatic carbocycles. The number of anilines is 1. The molecule has 0 saturated carbocycles. The van der Waals surface area contributed by atoms with Gasteiger partial charge in [0.25, 0.3) is 5.91 Å². The van der Waals surface area contributed by atoms with Gasteiger partial charge in [0.05, 0.1) is 6.54 Å². The molecule has 0 atom stereocenters. The number of rotatable bonds is 10. The molecule has 35 heavy (non-hydrogen) atoms. The Morgan fingerprint density at radius 1 is 1.17 bits per heavy atom. The lowest BCUT2D eigenvalue weighted by molar-refractivity contribution is -0.112. The quantitative estimate of drug-likeness (QED) is 0.158. The number of carbonyl (C=O) groups excluding carboxylic acids is 1. The van der Waals surface area contributed by atoms with Crippen molar-refractivity contribution in [1.82, 2.24) is 13.9 Å². The number of ether oxygens (including phenoxy) is 1. The van der Waals surface area contributed by atoms with E-state index in [-0.39, 0.29) is 5.57 Å². The van der Waals surface area contributed by atoms with Crippen molar-refractivity contribution in [1.29, 1.82) is 5.26 Å². The van der Waals surface area contributed by atoms with Gasteiger partial charge in [-0.05, 0) is 48.0 Å². The van der Waals surface area contributed by atoms with Crippen LogP contribution in [0.2, 0.25) is 5.02 Å². The van der Waals surface area contributed by atoms with E-state index in [1.54, 1.807) is 30.3 Å². The molecule has 0 fully saturated rings. The Balaban J connectivity index is 1.33. The number of benzene rings is 2. The Hall–Kier alpha value is -3.58. The lowest BCUT2D eigenvalue weighted by Crippen LogP contribution is -2.14. The predicted molar refractivity (Wildman–Crippen MR) is 140 cm³/mol. The minimum Gasteiger partial charge on any atom is -0.492 e. The van der Waals surface area contributed by atoms with Crippen molar-refractivity contribution in [3.63, 3.8) is 0 Å². The van der Waals surface area contributed by atoms with Crippen molar-refractivity contribution in [3.8, 4) is 11.8 Å². The van der Waals surface area contributed by atoms with Gasteiger partial charge in [0.2, 0.25) is 10.3 Å². The van der Waals surface area contributed by atoms with Crippen LogP contribution in [-0.2, 0) is 17.1 Å².